The van der Waals surface area contributed by atoms with Crippen molar-refractivity contribution in [2.75, 3.05) is 0 Å². The molecule has 1 fully saturated rings. The quantitative estimate of drug-likeness (QED) is 0.658. The van der Waals surface area contributed by atoms with Gasteiger partial charge in [0.15, 0.2) is 0 Å². The Morgan fingerprint density at radius 1 is 1.55 bits per heavy atom. The van der Waals surface area contributed by atoms with Crippen LogP contribution in [-0.2, 0) is 9.53 Å². The van der Waals surface area contributed by atoms with E-state index in [0.29, 0.717) is 6.42 Å². The van der Waals surface area contributed by atoms with Crippen molar-refractivity contribution < 1.29 is 14.6 Å². The smallest absolute Gasteiger partial charge is 0.309 e. The molecule has 64 valence electrons. The summed E-state index contributed by atoms with van der Waals surface area (Å²) in [6, 6.07) is 0. The first-order valence-electron chi connectivity index (χ1n) is 3.81. The molecule has 3 nitrogen and oxygen atoms in total. The second-order valence-corrected chi connectivity index (χ2v) is 3.95. The summed E-state index contributed by atoms with van der Waals surface area (Å²) in [6.45, 7) is 5.80. The highest BCUT2D eigenvalue weighted by Gasteiger charge is 2.46. The van der Waals surface area contributed by atoms with Gasteiger partial charge in [0.05, 0.1) is 17.6 Å². The van der Waals surface area contributed by atoms with E-state index in [1.165, 1.54) is 0 Å². The predicted molar refractivity (Wildman–Crippen MR) is 40.4 cm³/mol. The lowest BCUT2D eigenvalue weighted by Gasteiger charge is -2.19. The molecule has 2 atom stereocenters. The van der Waals surface area contributed by atoms with Crippen LogP contribution in [0.25, 0.3) is 0 Å². The van der Waals surface area contributed by atoms with E-state index >= 15 is 0 Å². The van der Waals surface area contributed by atoms with Gasteiger partial charge in [0.2, 0.25) is 0 Å². The largest absolute Gasteiger partial charge is 0.481 e. The summed E-state index contributed by atoms with van der Waals surface area (Å²) in [6.07, 6.45) is 0.625. The van der Waals surface area contributed by atoms with Crippen LogP contribution >= 0.6 is 0 Å². The Morgan fingerprint density at radius 2 is 2.09 bits per heavy atom. The number of hydrogen-bond donors (Lipinski definition) is 1. The third kappa shape index (κ3) is 2.50. The molecule has 3 heteroatoms. The van der Waals surface area contributed by atoms with Gasteiger partial charge in [0.25, 0.3) is 0 Å². The minimum Gasteiger partial charge on any atom is -0.481 e. The molecular formula is C8H14O3. The van der Waals surface area contributed by atoms with Crippen LogP contribution < -0.4 is 0 Å². The molecule has 1 N–H and O–H groups in total. The molecule has 0 heterocycles. The van der Waals surface area contributed by atoms with Gasteiger partial charge in [-0.25, -0.2) is 0 Å². The number of carbonyl (C=O) groups is 1. The molecule has 1 aliphatic rings. The van der Waals surface area contributed by atoms with Crippen molar-refractivity contribution in [1.82, 2.24) is 0 Å². The van der Waals surface area contributed by atoms with Crippen molar-refractivity contribution >= 4 is 5.97 Å². The van der Waals surface area contributed by atoms with Gasteiger partial charge >= 0.3 is 5.97 Å². The number of rotatable bonds is 2. The maximum Gasteiger partial charge on any atom is 0.309 e. The number of carboxylic acids is 1. The summed E-state index contributed by atoms with van der Waals surface area (Å²) in [5.41, 5.74) is -0.213. The molecule has 0 amide bonds. The molecular weight excluding hydrogens is 144 g/mol. The SMILES string of the molecule is CC(C)(C)OC1CC1C(=O)O. The molecule has 0 radical (unpaired) electrons. The Hall–Kier alpha value is -0.570. The second kappa shape index (κ2) is 2.48. The minimum absolute atomic E-state index is 0.0486. The molecule has 0 aliphatic heterocycles. The van der Waals surface area contributed by atoms with Crippen LogP contribution in [-0.4, -0.2) is 22.8 Å². The molecule has 0 spiro atoms. The van der Waals surface area contributed by atoms with Crippen LogP contribution in [0.5, 0.6) is 0 Å². The predicted octanol–water partition coefficient (Wildman–Crippen LogP) is 1.27. The molecule has 1 rings (SSSR count). The van der Waals surface area contributed by atoms with Gasteiger partial charge in [-0.05, 0) is 27.2 Å². The lowest BCUT2D eigenvalue weighted by atomic mass is 10.2. The van der Waals surface area contributed by atoms with Crippen molar-refractivity contribution in [3.05, 3.63) is 0 Å². The fraction of sp³-hybridized carbons (Fsp3) is 0.875. The first-order chi connectivity index (χ1) is 4.90. The van der Waals surface area contributed by atoms with Crippen LogP contribution in [0.3, 0.4) is 0 Å². The molecule has 11 heavy (non-hydrogen) atoms. The first kappa shape index (κ1) is 8.53. The summed E-state index contributed by atoms with van der Waals surface area (Å²) < 4.78 is 5.44. The Morgan fingerprint density at radius 3 is 2.36 bits per heavy atom. The van der Waals surface area contributed by atoms with Gasteiger partial charge in [-0.2, -0.15) is 0 Å². The third-order valence-electron chi connectivity index (χ3n) is 1.55. The Balaban J connectivity index is 2.29. The van der Waals surface area contributed by atoms with Gasteiger partial charge in [-0.3, -0.25) is 4.79 Å². The van der Waals surface area contributed by atoms with Crippen molar-refractivity contribution in [3.8, 4) is 0 Å². The highest BCUT2D eigenvalue weighted by Crippen LogP contribution is 2.36. The number of hydrogen-bond acceptors (Lipinski definition) is 2. The maximum absolute atomic E-state index is 10.4. The highest BCUT2D eigenvalue weighted by atomic mass is 16.5. The highest BCUT2D eigenvalue weighted by molar-refractivity contribution is 5.74. The van der Waals surface area contributed by atoms with E-state index in [-0.39, 0.29) is 17.6 Å². The van der Waals surface area contributed by atoms with Gasteiger partial charge in [0.1, 0.15) is 0 Å². The Labute approximate surface area is 66.4 Å². The summed E-state index contributed by atoms with van der Waals surface area (Å²) in [5, 5.41) is 8.54. The molecule has 0 bridgehead atoms. The zero-order chi connectivity index (χ0) is 8.65. The lowest BCUT2D eigenvalue weighted by Crippen LogP contribution is -2.22. The maximum atomic E-state index is 10.4. The number of aliphatic carboxylic acids is 1. The van der Waals surface area contributed by atoms with E-state index in [1.807, 2.05) is 20.8 Å². The van der Waals surface area contributed by atoms with E-state index in [4.69, 9.17) is 9.84 Å². The summed E-state index contributed by atoms with van der Waals surface area (Å²) in [7, 11) is 0. The molecule has 1 saturated carbocycles. The molecule has 0 aromatic heterocycles. The van der Waals surface area contributed by atoms with Crippen LogP contribution in [0.4, 0.5) is 0 Å². The van der Waals surface area contributed by atoms with Gasteiger partial charge < -0.3 is 9.84 Å². The van der Waals surface area contributed by atoms with E-state index in [2.05, 4.69) is 0 Å². The molecule has 0 aromatic rings. The van der Waals surface area contributed by atoms with Gasteiger partial charge in [-0.15, -0.1) is 0 Å². The van der Waals surface area contributed by atoms with Crippen LogP contribution in [0.1, 0.15) is 27.2 Å². The van der Waals surface area contributed by atoms with Crippen molar-refractivity contribution in [3.63, 3.8) is 0 Å². The zero-order valence-electron chi connectivity index (χ0n) is 7.13. The van der Waals surface area contributed by atoms with E-state index in [0.717, 1.165) is 0 Å². The Bertz CT molecular complexity index is 169. The average Bonchev–Trinajstić information content (AvgIpc) is 2.40. The van der Waals surface area contributed by atoms with Gasteiger partial charge in [-0.1, -0.05) is 0 Å². The lowest BCUT2D eigenvalue weighted by molar-refractivity contribution is -0.140. The normalized spacial score (nSPS) is 30.1. The minimum atomic E-state index is -0.737. The summed E-state index contributed by atoms with van der Waals surface area (Å²) in [4.78, 5) is 10.4. The van der Waals surface area contributed by atoms with E-state index in [9.17, 15) is 4.79 Å². The fourth-order valence-corrected chi connectivity index (χ4v) is 1.02. The van der Waals surface area contributed by atoms with Crippen molar-refractivity contribution in [2.24, 2.45) is 5.92 Å². The zero-order valence-corrected chi connectivity index (χ0v) is 7.13. The molecule has 2 unspecified atom stereocenters. The third-order valence-corrected chi connectivity index (χ3v) is 1.55. The monoisotopic (exact) mass is 158 g/mol. The van der Waals surface area contributed by atoms with Crippen molar-refractivity contribution in [1.29, 1.82) is 0 Å². The van der Waals surface area contributed by atoms with Gasteiger partial charge in [0, 0.05) is 0 Å². The number of ether oxygens (including phenoxy) is 1. The second-order valence-electron chi connectivity index (χ2n) is 3.95. The fourth-order valence-electron chi connectivity index (χ4n) is 1.02. The van der Waals surface area contributed by atoms with Crippen LogP contribution in [0.2, 0.25) is 0 Å². The molecule has 0 aromatic carbocycles. The molecule has 1 aliphatic carbocycles. The van der Waals surface area contributed by atoms with Crippen LogP contribution in [0, 0.1) is 5.92 Å². The summed E-state index contributed by atoms with van der Waals surface area (Å²) >= 11 is 0. The first-order valence-corrected chi connectivity index (χ1v) is 3.81. The number of carboxylic acid groups (broad SMARTS) is 1. The molecule has 0 saturated heterocycles. The van der Waals surface area contributed by atoms with Crippen LogP contribution in [0.15, 0.2) is 0 Å². The van der Waals surface area contributed by atoms with E-state index in [1.54, 1.807) is 0 Å². The Kier molecular flexibility index (Phi) is 1.92. The average molecular weight is 158 g/mol. The standard InChI is InChI=1S/C8H14O3/c1-8(2,3)11-6-4-5(6)7(9)10/h5-6H,4H2,1-3H3,(H,9,10). The van der Waals surface area contributed by atoms with Crippen molar-refractivity contribution in [2.45, 2.75) is 38.9 Å². The summed E-state index contributed by atoms with van der Waals surface area (Å²) in [5.74, 6) is -0.992. The van der Waals surface area contributed by atoms with E-state index < -0.39 is 5.97 Å². The topological polar surface area (TPSA) is 46.5 Å².